The maximum atomic E-state index is 5.96. The second-order valence-corrected chi connectivity index (χ2v) is 5.71. The largest absolute Gasteiger partial charge is 0.333 e. The Bertz CT molecular complexity index is 536. The Labute approximate surface area is 115 Å². The lowest BCUT2D eigenvalue weighted by molar-refractivity contribution is 0.280. The van der Waals surface area contributed by atoms with E-state index in [2.05, 4.69) is 20.2 Å². The quantitative estimate of drug-likeness (QED) is 0.847. The molecule has 0 amide bonds. The predicted octanol–water partition coefficient (Wildman–Crippen LogP) is 2.17. The lowest BCUT2D eigenvalue weighted by atomic mass is 10.3. The van der Waals surface area contributed by atoms with Crippen LogP contribution in [0.1, 0.15) is 0 Å². The Morgan fingerprint density at radius 1 is 1.33 bits per heavy atom. The minimum absolute atomic E-state index is 0.741. The summed E-state index contributed by atoms with van der Waals surface area (Å²) < 4.78 is 0. The van der Waals surface area contributed by atoms with Crippen LogP contribution in [-0.4, -0.2) is 46.9 Å². The molecule has 1 aromatic heterocycles. The third-order valence-corrected chi connectivity index (χ3v) is 4.21. The fourth-order valence-electron chi connectivity index (χ4n) is 2.02. The molecule has 0 radical (unpaired) electrons. The smallest absolute Gasteiger partial charge is 0.167 e. The van der Waals surface area contributed by atoms with Gasteiger partial charge in [-0.3, -0.25) is 4.90 Å². The molecule has 0 saturated carbocycles. The van der Waals surface area contributed by atoms with Crippen LogP contribution in [-0.2, 0) is 0 Å². The second-order valence-electron chi connectivity index (χ2n) is 4.34. The SMILES string of the molecule is Clc1ccc2nc(SCN3CCNCC3)[nH]c2c1. The van der Waals surface area contributed by atoms with Crippen LogP contribution in [0.3, 0.4) is 0 Å². The summed E-state index contributed by atoms with van der Waals surface area (Å²) in [4.78, 5) is 10.3. The summed E-state index contributed by atoms with van der Waals surface area (Å²) in [5, 5.41) is 5.06. The number of H-pyrrole nitrogens is 1. The molecule has 1 fully saturated rings. The van der Waals surface area contributed by atoms with Gasteiger partial charge >= 0.3 is 0 Å². The van der Waals surface area contributed by atoms with Crippen molar-refractivity contribution in [3.63, 3.8) is 0 Å². The van der Waals surface area contributed by atoms with Crippen LogP contribution in [0.5, 0.6) is 0 Å². The molecular weight excluding hydrogens is 268 g/mol. The third-order valence-electron chi connectivity index (χ3n) is 3.02. The maximum absolute atomic E-state index is 5.96. The van der Waals surface area contributed by atoms with E-state index in [1.54, 1.807) is 11.8 Å². The van der Waals surface area contributed by atoms with Crippen LogP contribution in [0.2, 0.25) is 5.02 Å². The number of hydrogen-bond acceptors (Lipinski definition) is 4. The number of nitrogens with zero attached hydrogens (tertiary/aromatic N) is 2. The highest BCUT2D eigenvalue weighted by molar-refractivity contribution is 7.99. The highest BCUT2D eigenvalue weighted by atomic mass is 35.5. The van der Waals surface area contributed by atoms with Crippen molar-refractivity contribution < 1.29 is 0 Å². The number of aromatic nitrogens is 2. The van der Waals surface area contributed by atoms with Crippen LogP contribution in [0, 0.1) is 0 Å². The van der Waals surface area contributed by atoms with Crippen LogP contribution in [0.25, 0.3) is 11.0 Å². The molecule has 1 aliphatic heterocycles. The Kier molecular flexibility index (Phi) is 3.75. The molecule has 1 aliphatic rings. The van der Waals surface area contributed by atoms with Crippen LogP contribution >= 0.6 is 23.4 Å². The Balaban J connectivity index is 1.67. The van der Waals surface area contributed by atoms with E-state index in [0.717, 1.165) is 53.3 Å². The highest BCUT2D eigenvalue weighted by Gasteiger charge is 2.11. The van der Waals surface area contributed by atoms with Gasteiger partial charge in [0.2, 0.25) is 0 Å². The van der Waals surface area contributed by atoms with E-state index in [-0.39, 0.29) is 0 Å². The first-order valence-corrected chi connectivity index (χ1v) is 7.39. The molecule has 96 valence electrons. The summed E-state index contributed by atoms with van der Waals surface area (Å²) in [6, 6.07) is 5.73. The van der Waals surface area contributed by atoms with Crippen molar-refractivity contribution in [3.05, 3.63) is 23.2 Å². The molecule has 0 bridgehead atoms. The van der Waals surface area contributed by atoms with E-state index in [1.165, 1.54) is 0 Å². The van der Waals surface area contributed by atoms with Crippen molar-refractivity contribution >= 4 is 34.4 Å². The molecule has 0 spiro atoms. The number of rotatable bonds is 3. The van der Waals surface area contributed by atoms with Gasteiger partial charge < -0.3 is 10.3 Å². The fraction of sp³-hybridized carbons (Fsp3) is 0.417. The van der Waals surface area contributed by atoms with Crippen molar-refractivity contribution in [2.24, 2.45) is 0 Å². The van der Waals surface area contributed by atoms with Crippen LogP contribution in [0.15, 0.2) is 23.4 Å². The van der Waals surface area contributed by atoms with Crippen molar-refractivity contribution in [1.82, 2.24) is 20.2 Å². The number of fused-ring (bicyclic) bond motifs is 1. The summed E-state index contributed by atoms with van der Waals surface area (Å²) in [5.41, 5.74) is 1.98. The molecule has 4 nitrogen and oxygen atoms in total. The first-order valence-electron chi connectivity index (χ1n) is 6.02. The molecule has 1 aromatic carbocycles. The van der Waals surface area contributed by atoms with Crippen molar-refractivity contribution in [3.8, 4) is 0 Å². The predicted molar refractivity (Wildman–Crippen MR) is 76.3 cm³/mol. The number of nitrogens with one attached hydrogen (secondary N) is 2. The zero-order chi connectivity index (χ0) is 12.4. The highest BCUT2D eigenvalue weighted by Crippen LogP contribution is 2.22. The average molecular weight is 283 g/mol. The normalized spacial score (nSPS) is 17.4. The summed E-state index contributed by atoms with van der Waals surface area (Å²) in [6.45, 7) is 4.38. The van der Waals surface area contributed by atoms with Crippen molar-refractivity contribution in [2.45, 2.75) is 5.16 Å². The molecule has 2 aromatic rings. The van der Waals surface area contributed by atoms with Gasteiger partial charge in [0.25, 0.3) is 0 Å². The Hall–Kier alpha value is -0.750. The minimum Gasteiger partial charge on any atom is -0.333 e. The lowest BCUT2D eigenvalue weighted by Crippen LogP contribution is -2.43. The van der Waals surface area contributed by atoms with Crippen LogP contribution < -0.4 is 5.32 Å². The standard InChI is InChI=1S/C12H15ClN4S/c13-9-1-2-10-11(7-9)16-12(15-10)18-8-17-5-3-14-4-6-17/h1-2,7,14H,3-6,8H2,(H,15,16). The third kappa shape index (κ3) is 2.80. The molecule has 2 heterocycles. The molecule has 2 N–H and O–H groups in total. The fourth-order valence-corrected chi connectivity index (χ4v) is 3.10. The van der Waals surface area contributed by atoms with Gasteiger partial charge in [-0.15, -0.1) is 0 Å². The molecule has 6 heteroatoms. The first-order chi connectivity index (χ1) is 8.81. The first kappa shape index (κ1) is 12.3. The number of thioether (sulfide) groups is 1. The average Bonchev–Trinajstić information content (AvgIpc) is 2.79. The molecule has 0 atom stereocenters. The van der Waals surface area contributed by atoms with E-state index in [0.29, 0.717) is 0 Å². The minimum atomic E-state index is 0.741. The number of halogens is 1. The summed E-state index contributed by atoms with van der Waals surface area (Å²) in [6.07, 6.45) is 0. The lowest BCUT2D eigenvalue weighted by Gasteiger charge is -2.26. The van der Waals surface area contributed by atoms with E-state index in [4.69, 9.17) is 11.6 Å². The molecular formula is C12H15ClN4S. The van der Waals surface area contributed by atoms with E-state index >= 15 is 0 Å². The number of hydrogen-bond donors (Lipinski definition) is 2. The summed E-state index contributed by atoms with van der Waals surface area (Å²) in [5.74, 6) is 0.981. The molecule has 0 aliphatic carbocycles. The van der Waals surface area contributed by atoms with E-state index in [1.807, 2.05) is 18.2 Å². The number of piperazine rings is 1. The number of aromatic amines is 1. The van der Waals surface area contributed by atoms with Crippen molar-refractivity contribution in [1.29, 1.82) is 0 Å². The summed E-state index contributed by atoms with van der Waals surface area (Å²) >= 11 is 7.70. The Morgan fingerprint density at radius 3 is 3.00 bits per heavy atom. The Morgan fingerprint density at radius 2 is 2.17 bits per heavy atom. The molecule has 1 saturated heterocycles. The van der Waals surface area contributed by atoms with Gasteiger partial charge in [0.05, 0.1) is 16.9 Å². The zero-order valence-corrected chi connectivity index (χ0v) is 11.5. The van der Waals surface area contributed by atoms with Crippen molar-refractivity contribution in [2.75, 3.05) is 32.1 Å². The molecule has 3 rings (SSSR count). The molecule has 0 unspecified atom stereocenters. The monoisotopic (exact) mass is 282 g/mol. The second kappa shape index (κ2) is 5.48. The van der Waals surface area contributed by atoms with E-state index in [9.17, 15) is 0 Å². The number of imidazole rings is 1. The molecule has 18 heavy (non-hydrogen) atoms. The van der Waals surface area contributed by atoms with Crippen LogP contribution in [0.4, 0.5) is 0 Å². The zero-order valence-electron chi connectivity index (χ0n) is 9.95. The van der Waals surface area contributed by atoms with Gasteiger partial charge in [0, 0.05) is 31.2 Å². The topological polar surface area (TPSA) is 44.0 Å². The van der Waals surface area contributed by atoms with E-state index < -0.39 is 0 Å². The maximum Gasteiger partial charge on any atom is 0.167 e. The van der Waals surface area contributed by atoms with Gasteiger partial charge in [-0.2, -0.15) is 0 Å². The van der Waals surface area contributed by atoms with Gasteiger partial charge in [0.1, 0.15) is 0 Å². The van der Waals surface area contributed by atoms with Gasteiger partial charge in [-0.25, -0.2) is 4.98 Å². The summed E-state index contributed by atoms with van der Waals surface area (Å²) in [7, 11) is 0. The number of benzene rings is 1. The van der Waals surface area contributed by atoms with Gasteiger partial charge in [-0.1, -0.05) is 23.4 Å². The van der Waals surface area contributed by atoms with Gasteiger partial charge in [-0.05, 0) is 18.2 Å². The van der Waals surface area contributed by atoms with Gasteiger partial charge in [0.15, 0.2) is 5.16 Å².